The molecule has 122 valence electrons. The maximum absolute atomic E-state index is 12.1. The van der Waals surface area contributed by atoms with E-state index in [1.165, 1.54) is 0 Å². The zero-order chi connectivity index (χ0) is 16.2. The minimum Gasteiger partial charge on any atom is -0.444 e. The number of rotatable bonds is 3. The van der Waals surface area contributed by atoms with Gasteiger partial charge in [-0.15, -0.1) is 0 Å². The topological polar surface area (TPSA) is 75.9 Å². The molecule has 0 radical (unpaired) electrons. The summed E-state index contributed by atoms with van der Waals surface area (Å²) < 4.78 is 5.41. The van der Waals surface area contributed by atoms with Crippen molar-refractivity contribution in [3.8, 4) is 0 Å². The van der Waals surface area contributed by atoms with E-state index in [0.717, 1.165) is 12.8 Å². The Bertz CT molecular complexity index is 377. The number of likely N-dealkylation sites (tertiary alicyclic amines) is 1. The molecule has 0 aromatic heterocycles. The molecular formula is C15H29N3O3. The van der Waals surface area contributed by atoms with Gasteiger partial charge in [0.1, 0.15) is 5.60 Å². The van der Waals surface area contributed by atoms with Gasteiger partial charge in [-0.3, -0.25) is 4.79 Å². The Balaban J connectivity index is 2.70. The summed E-state index contributed by atoms with van der Waals surface area (Å²) in [4.78, 5) is 27.8. The van der Waals surface area contributed by atoms with Crippen molar-refractivity contribution in [1.29, 1.82) is 0 Å². The van der Waals surface area contributed by atoms with Crippen molar-refractivity contribution in [2.45, 2.75) is 65.1 Å². The molecule has 1 fully saturated rings. The molecule has 6 nitrogen and oxygen atoms in total. The minimum atomic E-state index is -0.512. The molecule has 1 aliphatic rings. The van der Waals surface area contributed by atoms with Gasteiger partial charge in [0.25, 0.3) is 0 Å². The SMILES string of the molecule is CCN(C(=O)[C@H](C)N)[C@H]1CCCN(C(=O)OC(C)(C)C)C1. The van der Waals surface area contributed by atoms with E-state index in [9.17, 15) is 9.59 Å². The van der Waals surface area contributed by atoms with Gasteiger partial charge in [0.15, 0.2) is 0 Å². The van der Waals surface area contributed by atoms with Crippen LogP contribution in [0.15, 0.2) is 0 Å². The van der Waals surface area contributed by atoms with Crippen molar-refractivity contribution in [2.24, 2.45) is 5.73 Å². The fourth-order valence-corrected chi connectivity index (χ4v) is 2.56. The molecular weight excluding hydrogens is 270 g/mol. The predicted molar refractivity (Wildman–Crippen MR) is 81.9 cm³/mol. The van der Waals surface area contributed by atoms with Gasteiger partial charge in [0.2, 0.25) is 5.91 Å². The largest absolute Gasteiger partial charge is 0.444 e. The summed E-state index contributed by atoms with van der Waals surface area (Å²) in [7, 11) is 0. The lowest BCUT2D eigenvalue weighted by Crippen LogP contribution is -2.55. The number of hydrogen-bond donors (Lipinski definition) is 1. The van der Waals surface area contributed by atoms with E-state index in [1.807, 2.05) is 27.7 Å². The Morgan fingerprint density at radius 1 is 1.43 bits per heavy atom. The molecule has 0 aromatic carbocycles. The van der Waals surface area contributed by atoms with Crippen LogP contribution in [0.5, 0.6) is 0 Å². The molecule has 1 heterocycles. The first-order chi connectivity index (χ1) is 9.65. The molecule has 2 N–H and O–H groups in total. The third kappa shape index (κ3) is 5.19. The maximum atomic E-state index is 12.1. The number of ether oxygens (including phenoxy) is 1. The van der Waals surface area contributed by atoms with E-state index < -0.39 is 11.6 Å². The van der Waals surface area contributed by atoms with E-state index >= 15 is 0 Å². The van der Waals surface area contributed by atoms with Gasteiger partial charge >= 0.3 is 6.09 Å². The highest BCUT2D eigenvalue weighted by Crippen LogP contribution is 2.19. The smallest absolute Gasteiger partial charge is 0.410 e. The number of piperidine rings is 1. The summed E-state index contributed by atoms with van der Waals surface area (Å²) in [6.45, 7) is 11.0. The minimum absolute atomic E-state index is 0.0229. The van der Waals surface area contributed by atoms with Crippen LogP contribution in [0.3, 0.4) is 0 Å². The van der Waals surface area contributed by atoms with Crippen molar-refractivity contribution in [2.75, 3.05) is 19.6 Å². The van der Waals surface area contributed by atoms with Crippen molar-refractivity contribution in [1.82, 2.24) is 9.80 Å². The van der Waals surface area contributed by atoms with Gasteiger partial charge in [-0.2, -0.15) is 0 Å². The van der Waals surface area contributed by atoms with Crippen LogP contribution in [0.4, 0.5) is 4.79 Å². The highest BCUT2D eigenvalue weighted by Gasteiger charge is 2.32. The van der Waals surface area contributed by atoms with Gasteiger partial charge in [-0.05, 0) is 47.5 Å². The monoisotopic (exact) mass is 299 g/mol. The fraction of sp³-hybridized carbons (Fsp3) is 0.867. The molecule has 0 aliphatic carbocycles. The van der Waals surface area contributed by atoms with E-state index in [-0.39, 0.29) is 18.0 Å². The number of nitrogens with two attached hydrogens (primary N) is 1. The van der Waals surface area contributed by atoms with Crippen molar-refractivity contribution in [3.63, 3.8) is 0 Å². The third-order valence-corrected chi connectivity index (χ3v) is 3.50. The Morgan fingerprint density at radius 2 is 2.05 bits per heavy atom. The van der Waals surface area contributed by atoms with Gasteiger partial charge in [-0.25, -0.2) is 4.79 Å². The summed E-state index contributed by atoms with van der Waals surface area (Å²) in [5, 5.41) is 0. The second-order valence-electron chi connectivity index (χ2n) is 6.64. The second-order valence-corrected chi connectivity index (χ2v) is 6.64. The number of nitrogens with zero attached hydrogens (tertiary/aromatic N) is 2. The highest BCUT2D eigenvalue weighted by atomic mass is 16.6. The predicted octanol–water partition coefficient (Wildman–Crippen LogP) is 1.58. The van der Waals surface area contributed by atoms with Crippen LogP contribution in [0, 0.1) is 0 Å². The second kappa shape index (κ2) is 7.11. The zero-order valence-corrected chi connectivity index (χ0v) is 13.9. The lowest BCUT2D eigenvalue weighted by molar-refractivity contribution is -0.135. The molecule has 2 atom stereocenters. The van der Waals surface area contributed by atoms with Crippen molar-refractivity contribution < 1.29 is 14.3 Å². The zero-order valence-electron chi connectivity index (χ0n) is 13.9. The molecule has 0 spiro atoms. The third-order valence-electron chi connectivity index (χ3n) is 3.50. The average molecular weight is 299 g/mol. The van der Waals surface area contributed by atoms with Gasteiger partial charge in [0.05, 0.1) is 6.04 Å². The molecule has 0 unspecified atom stereocenters. The molecule has 0 aromatic rings. The Labute approximate surface area is 127 Å². The Hall–Kier alpha value is -1.30. The highest BCUT2D eigenvalue weighted by molar-refractivity contribution is 5.81. The van der Waals surface area contributed by atoms with E-state index in [4.69, 9.17) is 10.5 Å². The summed E-state index contributed by atoms with van der Waals surface area (Å²) in [5.41, 5.74) is 5.20. The number of hydrogen-bond acceptors (Lipinski definition) is 4. The first-order valence-corrected chi connectivity index (χ1v) is 7.69. The van der Waals surface area contributed by atoms with Crippen LogP contribution in [-0.2, 0) is 9.53 Å². The molecule has 0 saturated carbocycles. The molecule has 6 heteroatoms. The lowest BCUT2D eigenvalue weighted by Gasteiger charge is -2.39. The number of likely N-dealkylation sites (N-methyl/N-ethyl adjacent to an activating group) is 1. The lowest BCUT2D eigenvalue weighted by atomic mass is 10.0. The number of amides is 2. The van der Waals surface area contributed by atoms with E-state index in [1.54, 1.807) is 16.7 Å². The van der Waals surface area contributed by atoms with Crippen LogP contribution in [0.2, 0.25) is 0 Å². The molecule has 1 saturated heterocycles. The standard InChI is InChI=1S/C15H29N3O3/c1-6-18(13(19)11(2)16)12-8-7-9-17(10-12)14(20)21-15(3,4)5/h11-12H,6-10,16H2,1-5H3/t11-,12-/m0/s1. The van der Waals surface area contributed by atoms with Crippen LogP contribution < -0.4 is 5.73 Å². The molecule has 0 bridgehead atoms. The Kier molecular flexibility index (Phi) is 6.01. The maximum Gasteiger partial charge on any atom is 0.410 e. The van der Waals surface area contributed by atoms with Crippen LogP contribution in [0.25, 0.3) is 0 Å². The molecule has 1 aliphatic heterocycles. The number of carbonyl (C=O) groups is 2. The molecule has 1 rings (SSSR count). The Morgan fingerprint density at radius 3 is 2.52 bits per heavy atom. The van der Waals surface area contributed by atoms with E-state index in [2.05, 4.69) is 0 Å². The summed E-state index contributed by atoms with van der Waals surface area (Å²) >= 11 is 0. The molecule has 2 amide bonds. The average Bonchev–Trinajstić information content (AvgIpc) is 2.37. The summed E-state index contributed by atoms with van der Waals surface area (Å²) in [6, 6.07) is -0.489. The number of carbonyl (C=O) groups excluding carboxylic acids is 2. The van der Waals surface area contributed by atoms with Crippen molar-refractivity contribution >= 4 is 12.0 Å². The van der Waals surface area contributed by atoms with Crippen molar-refractivity contribution in [3.05, 3.63) is 0 Å². The van der Waals surface area contributed by atoms with Gasteiger partial charge in [0, 0.05) is 25.7 Å². The van der Waals surface area contributed by atoms with Gasteiger partial charge in [-0.1, -0.05) is 0 Å². The first kappa shape index (κ1) is 17.8. The normalized spacial score (nSPS) is 20.9. The summed E-state index contributed by atoms with van der Waals surface area (Å²) in [5.74, 6) is -0.0615. The molecule has 21 heavy (non-hydrogen) atoms. The van der Waals surface area contributed by atoms with E-state index in [0.29, 0.717) is 19.6 Å². The van der Waals surface area contributed by atoms with Crippen LogP contribution >= 0.6 is 0 Å². The summed E-state index contributed by atoms with van der Waals surface area (Å²) in [6.07, 6.45) is 1.45. The van der Waals surface area contributed by atoms with Crippen LogP contribution in [-0.4, -0.2) is 59.1 Å². The van der Waals surface area contributed by atoms with Gasteiger partial charge < -0.3 is 20.3 Å². The van der Waals surface area contributed by atoms with Crippen LogP contribution in [0.1, 0.15) is 47.5 Å². The first-order valence-electron chi connectivity index (χ1n) is 7.69. The fourth-order valence-electron chi connectivity index (χ4n) is 2.56. The quantitative estimate of drug-likeness (QED) is 0.858.